The van der Waals surface area contributed by atoms with Crippen LogP contribution in [0.5, 0.6) is 0 Å². The second kappa shape index (κ2) is 11.2. The Kier molecular flexibility index (Phi) is 8.48. The molecule has 0 aromatic carbocycles. The number of terminal acetylenes is 1. The molecule has 3 fully saturated rings. The van der Waals surface area contributed by atoms with Crippen molar-refractivity contribution in [3.8, 4) is 12.3 Å². The Bertz CT molecular complexity index is 1530. The number of phosphoric ester groups is 1. The van der Waals surface area contributed by atoms with E-state index in [1.165, 1.54) is 0 Å². The Morgan fingerprint density at radius 1 is 1.26 bits per heavy atom. The lowest BCUT2D eigenvalue weighted by atomic mass is 9.86. The quantitative estimate of drug-likeness (QED) is 0.0835. The van der Waals surface area contributed by atoms with Crippen molar-refractivity contribution >= 4 is 43.3 Å². The zero-order chi connectivity index (χ0) is 31.7. The van der Waals surface area contributed by atoms with E-state index >= 15 is 0 Å². The van der Waals surface area contributed by atoms with Gasteiger partial charge < -0.3 is 65.3 Å². The Hall–Kier alpha value is -1.84. The van der Waals surface area contributed by atoms with Crippen molar-refractivity contribution in [3.63, 3.8) is 0 Å². The van der Waals surface area contributed by atoms with Crippen LogP contribution in [0.1, 0.15) is 6.23 Å². The standard InChI is InChI=1S/C19H26N6O15P2S/c1-2-18(31)13(30)7(37-17(18)25-15-10(23-24-25)14(20)21-5-22-15)4-36-42(35,43)40-41(33,34)39-16-9-12(29)11(28)8(6(27)3-26)19(9,32)38-16/h1,5-9,11-13,16-17,26-32H,3-4H2,(H,33,34)(H,35,43)(H2,20,21,22)/t6-,7+,8?,9?,11?,12?,13+,16?,17+,18+,19?,42?/m0/s1. The molecule has 0 radical (unpaired) electrons. The van der Waals surface area contributed by atoms with Crippen molar-refractivity contribution in [2.24, 2.45) is 11.8 Å². The lowest BCUT2D eigenvalue weighted by Crippen LogP contribution is -2.64. The van der Waals surface area contributed by atoms with E-state index in [2.05, 4.69) is 24.6 Å². The van der Waals surface area contributed by atoms with Gasteiger partial charge in [-0.05, 0) is 11.8 Å². The molecule has 2 aromatic rings. The van der Waals surface area contributed by atoms with E-state index in [9.17, 15) is 45.0 Å². The largest absolute Gasteiger partial charge is 0.481 e. The SMILES string of the molecule is C#C[C@@]1(O)[C@H](O)[C@@H](COP(O)(=S)OP(=O)(O)OC2OC3(O)C2C(O)C(O)C3[C@@H](O)CO)O[C@H]1n1nnc2c(N)ncnc21. The van der Waals surface area contributed by atoms with Crippen LogP contribution in [0.4, 0.5) is 5.82 Å². The van der Waals surface area contributed by atoms with Crippen molar-refractivity contribution in [1.82, 2.24) is 25.0 Å². The number of hydrogen-bond acceptors (Lipinski definition) is 19. The Morgan fingerprint density at radius 3 is 2.60 bits per heavy atom. The van der Waals surface area contributed by atoms with Gasteiger partial charge in [0, 0.05) is 0 Å². The minimum atomic E-state index is -5.41. The maximum absolute atomic E-state index is 12.6. The molecule has 2 aromatic heterocycles. The van der Waals surface area contributed by atoms with Crippen molar-refractivity contribution in [2.75, 3.05) is 18.9 Å². The second-order valence-electron chi connectivity index (χ2n) is 9.85. The molecule has 43 heavy (non-hydrogen) atoms. The third-order valence-electron chi connectivity index (χ3n) is 7.31. The smallest absolute Gasteiger partial charge is 0.394 e. The number of nitrogen functional groups attached to an aromatic ring is 1. The number of ether oxygens (including phenoxy) is 2. The van der Waals surface area contributed by atoms with Gasteiger partial charge in [-0.15, -0.1) is 11.5 Å². The fraction of sp³-hybridized carbons (Fsp3) is 0.684. The molecule has 13 atom stereocenters. The number of aliphatic hydroxyl groups is 7. The van der Waals surface area contributed by atoms with Crippen LogP contribution in [0.3, 0.4) is 0 Å². The number of hydrogen-bond donors (Lipinski definition) is 10. The average molecular weight is 672 g/mol. The zero-order valence-electron chi connectivity index (χ0n) is 21.4. The average Bonchev–Trinajstić information content (AvgIpc) is 3.50. The lowest BCUT2D eigenvalue weighted by molar-refractivity contribution is -0.427. The molecule has 21 nitrogen and oxygen atoms in total. The van der Waals surface area contributed by atoms with Crippen LogP contribution in [0.25, 0.3) is 11.2 Å². The Balaban J connectivity index is 1.24. The summed E-state index contributed by atoms with van der Waals surface area (Å²) in [5.74, 6) is -3.70. The van der Waals surface area contributed by atoms with Gasteiger partial charge in [-0.25, -0.2) is 18.8 Å². The molecule has 11 N–H and O–H groups in total. The maximum Gasteiger partial charge on any atom is 0.481 e. The van der Waals surface area contributed by atoms with Gasteiger partial charge in [-0.1, -0.05) is 11.1 Å². The molecule has 2 aliphatic heterocycles. The molecule has 0 amide bonds. The van der Waals surface area contributed by atoms with Crippen molar-refractivity contribution < 1.29 is 72.9 Å². The summed E-state index contributed by atoms with van der Waals surface area (Å²) in [6, 6.07) is 0. The van der Waals surface area contributed by atoms with Gasteiger partial charge in [0.05, 0.1) is 43.4 Å². The normalized spacial score (nSPS) is 40.7. The molecule has 5 rings (SSSR count). The van der Waals surface area contributed by atoms with Crippen LogP contribution in [0.15, 0.2) is 6.33 Å². The van der Waals surface area contributed by atoms with Crippen molar-refractivity contribution in [3.05, 3.63) is 6.33 Å². The lowest BCUT2D eigenvalue weighted by Gasteiger charge is -2.49. The molecular formula is C19H26N6O15P2S. The van der Waals surface area contributed by atoms with Crippen LogP contribution in [-0.4, -0.2) is 132 Å². The molecule has 8 unspecified atom stereocenters. The summed E-state index contributed by atoms with van der Waals surface area (Å²) in [5.41, 5.74) is 3.29. The fourth-order valence-corrected chi connectivity index (χ4v) is 8.35. The minimum absolute atomic E-state index is 0.0175. The van der Waals surface area contributed by atoms with Gasteiger partial charge in [0.15, 0.2) is 35.3 Å². The summed E-state index contributed by atoms with van der Waals surface area (Å²) in [5, 5.41) is 79.4. The van der Waals surface area contributed by atoms with Gasteiger partial charge in [-0.2, -0.15) is 4.68 Å². The second-order valence-corrected chi connectivity index (χ2v) is 14.2. The first-order valence-corrected chi connectivity index (χ1v) is 16.2. The molecule has 0 spiro atoms. The molecule has 1 aliphatic carbocycles. The van der Waals surface area contributed by atoms with E-state index < -0.39 is 94.0 Å². The van der Waals surface area contributed by atoms with Gasteiger partial charge in [-0.3, -0.25) is 4.52 Å². The number of nitrogens with zero attached hydrogens (tertiary/aromatic N) is 5. The predicted octanol–water partition coefficient (Wildman–Crippen LogP) is -4.84. The maximum atomic E-state index is 12.6. The molecule has 238 valence electrons. The topological polar surface area (TPSA) is 328 Å². The van der Waals surface area contributed by atoms with E-state index in [4.69, 9.17) is 47.6 Å². The third-order valence-corrected chi connectivity index (χ3v) is 10.8. The fourth-order valence-electron chi connectivity index (χ4n) is 5.26. The van der Waals surface area contributed by atoms with Crippen LogP contribution in [-0.2, 0) is 39.2 Å². The van der Waals surface area contributed by atoms with Crippen molar-refractivity contribution in [1.29, 1.82) is 0 Å². The number of anilines is 1. The highest BCUT2D eigenvalue weighted by Gasteiger charge is 2.73. The number of aliphatic hydroxyl groups excluding tert-OH is 5. The third kappa shape index (κ3) is 5.39. The summed E-state index contributed by atoms with van der Waals surface area (Å²) in [7, 11) is -5.41. The number of fused-ring (bicyclic) bond motifs is 2. The summed E-state index contributed by atoms with van der Waals surface area (Å²) in [4.78, 5) is 28.3. The van der Waals surface area contributed by atoms with Gasteiger partial charge in [0.1, 0.15) is 18.5 Å². The van der Waals surface area contributed by atoms with Crippen LogP contribution in [0.2, 0.25) is 0 Å². The van der Waals surface area contributed by atoms with Gasteiger partial charge in [0.2, 0.25) is 5.60 Å². The van der Waals surface area contributed by atoms with E-state index in [1.54, 1.807) is 0 Å². The molecule has 0 bridgehead atoms. The van der Waals surface area contributed by atoms with E-state index in [-0.39, 0.29) is 17.0 Å². The summed E-state index contributed by atoms with van der Waals surface area (Å²) in [6.45, 7) is -6.50. The monoisotopic (exact) mass is 672 g/mol. The van der Waals surface area contributed by atoms with Crippen LogP contribution in [0, 0.1) is 24.2 Å². The van der Waals surface area contributed by atoms with E-state index in [0.29, 0.717) is 0 Å². The zero-order valence-corrected chi connectivity index (χ0v) is 24.0. The van der Waals surface area contributed by atoms with Gasteiger partial charge >= 0.3 is 14.5 Å². The van der Waals surface area contributed by atoms with Crippen LogP contribution >= 0.6 is 14.5 Å². The Labute approximate surface area is 245 Å². The summed E-state index contributed by atoms with van der Waals surface area (Å²) < 4.78 is 38.5. The number of aromatic nitrogens is 5. The Morgan fingerprint density at radius 2 is 1.95 bits per heavy atom. The van der Waals surface area contributed by atoms with E-state index in [0.717, 1.165) is 11.0 Å². The van der Waals surface area contributed by atoms with Crippen molar-refractivity contribution in [2.45, 2.75) is 54.4 Å². The first-order valence-electron chi connectivity index (χ1n) is 12.1. The predicted molar refractivity (Wildman–Crippen MR) is 138 cm³/mol. The molecule has 4 heterocycles. The number of rotatable bonds is 10. The molecule has 24 heteroatoms. The summed E-state index contributed by atoms with van der Waals surface area (Å²) >= 11 is 4.74. The number of nitrogens with two attached hydrogens (primary N) is 1. The molecular weight excluding hydrogens is 646 g/mol. The highest BCUT2D eigenvalue weighted by atomic mass is 32.5. The molecule has 1 saturated carbocycles. The molecule has 2 saturated heterocycles. The minimum Gasteiger partial charge on any atom is -0.394 e. The highest BCUT2D eigenvalue weighted by Crippen LogP contribution is 2.65. The highest BCUT2D eigenvalue weighted by molar-refractivity contribution is 8.08. The first-order chi connectivity index (χ1) is 20.0. The van der Waals surface area contributed by atoms with Crippen LogP contribution < -0.4 is 5.73 Å². The number of phosphoric acid groups is 1. The van der Waals surface area contributed by atoms with Gasteiger partial charge in [0.25, 0.3) is 0 Å². The first kappa shape index (κ1) is 32.6. The molecule has 3 aliphatic rings. The summed E-state index contributed by atoms with van der Waals surface area (Å²) in [6.07, 6.45) is -5.84. The van der Waals surface area contributed by atoms with E-state index in [1.807, 2.05) is 5.92 Å².